The van der Waals surface area contributed by atoms with Crippen molar-refractivity contribution in [3.05, 3.63) is 41.4 Å². The molecule has 2 heterocycles. The number of nitrogens with one attached hydrogen (secondary N) is 1. The second kappa shape index (κ2) is 7.48. The van der Waals surface area contributed by atoms with Crippen molar-refractivity contribution in [2.75, 3.05) is 0 Å². The van der Waals surface area contributed by atoms with Crippen molar-refractivity contribution in [1.29, 1.82) is 5.26 Å². The number of carbonyl (C=O) groups is 2. The molecule has 0 spiro atoms. The third kappa shape index (κ3) is 3.49. The minimum Gasteiger partial charge on any atom is -0.449 e. The Morgan fingerprint density at radius 2 is 2.00 bits per heavy atom. The van der Waals surface area contributed by atoms with Gasteiger partial charge in [0.15, 0.2) is 6.10 Å². The number of ether oxygens (including phenoxy) is 1. The summed E-state index contributed by atoms with van der Waals surface area (Å²) in [6, 6.07) is 5.72. The zero-order chi connectivity index (χ0) is 18.7. The zero-order valence-corrected chi connectivity index (χ0v) is 14.8. The topological polar surface area (TPSA) is 97.3 Å². The maximum absolute atomic E-state index is 12.6. The molecule has 1 unspecified atom stereocenters. The van der Waals surface area contributed by atoms with Gasteiger partial charge in [-0.15, -0.1) is 0 Å². The maximum atomic E-state index is 12.6. The predicted octanol–water partition coefficient (Wildman–Crippen LogP) is 2.85. The summed E-state index contributed by atoms with van der Waals surface area (Å²) in [7, 11) is 0. The van der Waals surface area contributed by atoms with Crippen molar-refractivity contribution < 1.29 is 18.7 Å². The van der Waals surface area contributed by atoms with Gasteiger partial charge in [0.05, 0.1) is 0 Å². The standard InChI is InChI=1S/C19H21N3O4/c1-12-16(15(11-20)18(25-12)22-9-5-6-10-22)19(24)26-13(2)17(23)21-14-7-3-4-8-14/h5-6,9-10,13-14H,3-4,7-8H2,1-2H3,(H,21,23). The number of carbonyl (C=O) groups excluding carboxylic acids is 2. The molecule has 1 aliphatic carbocycles. The van der Waals surface area contributed by atoms with E-state index in [2.05, 4.69) is 5.32 Å². The van der Waals surface area contributed by atoms with Gasteiger partial charge in [-0.2, -0.15) is 5.26 Å². The molecular formula is C19H21N3O4. The predicted molar refractivity (Wildman–Crippen MR) is 92.8 cm³/mol. The summed E-state index contributed by atoms with van der Waals surface area (Å²) in [5.41, 5.74) is 0.142. The van der Waals surface area contributed by atoms with E-state index >= 15 is 0 Å². The number of hydrogen-bond donors (Lipinski definition) is 1. The lowest BCUT2D eigenvalue weighted by atomic mass is 10.1. The lowest BCUT2D eigenvalue weighted by molar-refractivity contribution is -0.129. The van der Waals surface area contributed by atoms with Gasteiger partial charge in [-0.3, -0.25) is 9.36 Å². The second-order valence-electron chi connectivity index (χ2n) is 6.45. The Hall–Kier alpha value is -3.01. The first-order valence-electron chi connectivity index (χ1n) is 8.69. The first-order chi connectivity index (χ1) is 12.5. The van der Waals surface area contributed by atoms with Gasteiger partial charge >= 0.3 is 5.97 Å². The van der Waals surface area contributed by atoms with Crippen LogP contribution in [0.3, 0.4) is 0 Å². The minimum atomic E-state index is -0.945. The maximum Gasteiger partial charge on any atom is 0.343 e. The molecule has 2 aromatic heterocycles. The number of amides is 1. The van der Waals surface area contributed by atoms with E-state index < -0.39 is 12.1 Å². The fourth-order valence-electron chi connectivity index (χ4n) is 3.19. The summed E-state index contributed by atoms with van der Waals surface area (Å²) in [4.78, 5) is 24.8. The van der Waals surface area contributed by atoms with Crippen LogP contribution in [0.5, 0.6) is 0 Å². The Bertz CT molecular complexity index is 839. The molecule has 1 saturated carbocycles. The fourth-order valence-corrected chi connectivity index (χ4v) is 3.19. The second-order valence-corrected chi connectivity index (χ2v) is 6.45. The molecule has 0 aliphatic heterocycles. The lowest BCUT2D eigenvalue weighted by Gasteiger charge is -2.17. The Morgan fingerprint density at radius 1 is 1.35 bits per heavy atom. The molecule has 2 aromatic rings. The Balaban J connectivity index is 1.75. The SMILES string of the molecule is Cc1oc(-n2cccc2)c(C#N)c1C(=O)OC(C)C(=O)NC1CCCC1. The van der Waals surface area contributed by atoms with Crippen LogP contribution in [0.1, 0.15) is 54.3 Å². The van der Waals surface area contributed by atoms with Gasteiger partial charge in [0.2, 0.25) is 5.88 Å². The summed E-state index contributed by atoms with van der Waals surface area (Å²) < 4.78 is 12.5. The van der Waals surface area contributed by atoms with E-state index in [1.807, 2.05) is 6.07 Å². The molecule has 1 amide bonds. The number of rotatable bonds is 5. The number of furan rings is 1. The molecule has 1 fully saturated rings. The van der Waals surface area contributed by atoms with Gasteiger partial charge in [-0.25, -0.2) is 4.79 Å². The molecule has 0 aromatic carbocycles. The molecule has 1 N–H and O–H groups in total. The number of nitrogens with zero attached hydrogens (tertiary/aromatic N) is 2. The highest BCUT2D eigenvalue weighted by atomic mass is 16.5. The first kappa shape index (κ1) is 17.8. The van der Waals surface area contributed by atoms with E-state index in [0.29, 0.717) is 0 Å². The number of aromatic nitrogens is 1. The number of aryl methyl sites for hydroxylation is 1. The van der Waals surface area contributed by atoms with Gasteiger partial charge in [0, 0.05) is 18.4 Å². The monoisotopic (exact) mass is 355 g/mol. The van der Waals surface area contributed by atoms with Crippen LogP contribution in [-0.2, 0) is 9.53 Å². The highest BCUT2D eigenvalue weighted by Gasteiger charge is 2.29. The molecular weight excluding hydrogens is 334 g/mol. The molecule has 1 atom stereocenters. The lowest BCUT2D eigenvalue weighted by Crippen LogP contribution is -2.40. The minimum absolute atomic E-state index is 0.0525. The van der Waals surface area contributed by atoms with Crippen molar-refractivity contribution in [1.82, 2.24) is 9.88 Å². The van der Waals surface area contributed by atoms with E-state index in [-0.39, 0.29) is 34.7 Å². The Labute approximate surface area is 151 Å². The van der Waals surface area contributed by atoms with Crippen molar-refractivity contribution in [3.63, 3.8) is 0 Å². The molecule has 26 heavy (non-hydrogen) atoms. The third-order valence-electron chi connectivity index (χ3n) is 4.58. The molecule has 3 rings (SSSR count). The van der Waals surface area contributed by atoms with Gasteiger partial charge < -0.3 is 14.5 Å². The Morgan fingerprint density at radius 3 is 2.62 bits per heavy atom. The smallest absolute Gasteiger partial charge is 0.343 e. The average molecular weight is 355 g/mol. The third-order valence-corrected chi connectivity index (χ3v) is 4.58. The summed E-state index contributed by atoms with van der Waals surface area (Å²) in [6.45, 7) is 3.12. The summed E-state index contributed by atoms with van der Waals surface area (Å²) in [5, 5.41) is 12.4. The van der Waals surface area contributed by atoms with Crippen molar-refractivity contribution in [2.45, 2.75) is 51.7 Å². The fraction of sp³-hybridized carbons (Fsp3) is 0.421. The quantitative estimate of drug-likeness (QED) is 0.832. The van der Waals surface area contributed by atoms with E-state index in [1.54, 1.807) is 36.0 Å². The van der Waals surface area contributed by atoms with Crippen LogP contribution in [0.4, 0.5) is 0 Å². The average Bonchev–Trinajstić information content (AvgIpc) is 3.34. The largest absolute Gasteiger partial charge is 0.449 e. The molecule has 136 valence electrons. The van der Waals surface area contributed by atoms with Crippen LogP contribution >= 0.6 is 0 Å². The van der Waals surface area contributed by atoms with Gasteiger partial charge in [-0.1, -0.05) is 12.8 Å². The van der Waals surface area contributed by atoms with Crippen LogP contribution in [-0.4, -0.2) is 28.6 Å². The van der Waals surface area contributed by atoms with E-state index in [1.165, 1.54) is 6.92 Å². The molecule has 0 bridgehead atoms. The first-order valence-corrected chi connectivity index (χ1v) is 8.69. The molecule has 0 saturated heterocycles. The number of hydrogen-bond acceptors (Lipinski definition) is 5. The van der Waals surface area contributed by atoms with Crippen molar-refractivity contribution in [2.24, 2.45) is 0 Å². The van der Waals surface area contributed by atoms with Gasteiger partial charge in [0.25, 0.3) is 5.91 Å². The number of nitriles is 1. The highest BCUT2D eigenvalue weighted by molar-refractivity contribution is 5.96. The van der Waals surface area contributed by atoms with Crippen LogP contribution in [0, 0.1) is 18.3 Å². The van der Waals surface area contributed by atoms with Crippen LogP contribution in [0.25, 0.3) is 5.88 Å². The highest BCUT2D eigenvalue weighted by Crippen LogP contribution is 2.26. The summed E-state index contributed by atoms with van der Waals surface area (Å²) in [6.07, 6.45) is 6.58. The van der Waals surface area contributed by atoms with Crippen LogP contribution in [0.15, 0.2) is 28.9 Å². The van der Waals surface area contributed by atoms with Crippen molar-refractivity contribution >= 4 is 11.9 Å². The van der Waals surface area contributed by atoms with E-state index in [9.17, 15) is 14.9 Å². The molecule has 7 heteroatoms. The molecule has 7 nitrogen and oxygen atoms in total. The zero-order valence-electron chi connectivity index (χ0n) is 14.8. The summed E-state index contributed by atoms with van der Waals surface area (Å²) in [5.74, 6) is -0.533. The van der Waals surface area contributed by atoms with E-state index in [0.717, 1.165) is 25.7 Å². The van der Waals surface area contributed by atoms with Crippen LogP contribution in [0.2, 0.25) is 0 Å². The van der Waals surface area contributed by atoms with Gasteiger partial charge in [-0.05, 0) is 38.8 Å². The molecule has 0 radical (unpaired) electrons. The number of esters is 1. The van der Waals surface area contributed by atoms with Gasteiger partial charge in [0.1, 0.15) is 23.0 Å². The summed E-state index contributed by atoms with van der Waals surface area (Å²) >= 11 is 0. The molecule has 1 aliphatic rings. The van der Waals surface area contributed by atoms with Crippen molar-refractivity contribution in [3.8, 4) is 12.0 Å². The van der Waals surface area contributed by atoms with Crippen LogP contribution < -0.4 is 5.32 Å². The normalized spacial score (nSPS) is 15.4. The van der Waals surface area contributed by atoms with E-state index in [4.69, 9.17) is 9.15 Å². The Kier molecular flexibility index (Phi) is 5.12.